The minimum atomic E-state index is -1.15. The Morgan fingerprint density at radius 1 is 1.06 bits per heavy atom. The van der Waals surface area contributed by atoms with Crippen LogP contribution in [0.3, 0.4) is 0 Å². The lowest BCUT2D eigenvalue weighted by molar-refractivity contribution is 0.0650. The molecular weight excluding hydrogens is 424 g/mol. The number of hydrogen-bond donors (Lipinski definition) is 3. The molecule has 0 bridgehead atoms. The fraction of sp³-hybridized carbons (Fsp3) is 0.552. The van der Waals surface area contributed by atoms with E-state index in [0.717, 1.165) is 36.9 Å². The molecule has 0 spiro atoms. The van der Waals surface area contributed by atoms with Gasteiger partial charge in [-0.25, -0.2) is 0 Å². The van der Waals surface area contributed by atoms with E-state index in [0.29, 0.717) is 24.5 Å². The largest absolute Gasteiger partial charge is 0.385 e. The van der Waals surface area contributed by atoms with E-state index in [4.69, 9.17) is 4.74 Å². The molecule has 1 aliphatic rings. The summed E-state index contributed by atoms with van der Waals surface area (Å²) in [6.07, 6.45) is 9.74. The average molecular weight is 467 g/mol. The van der Waals surface area contributed by atoms with E-state index in [1.165, 1.54) is 32.1 Å². The molecular formula is C29H42N2O3. The van der Waals surface area contributed by atoms with Gasteiger partial charge in [-0.05, 0) is 61.9 Å². The van der Waals surface area contributed by atoms with Gasteiger partial charge in [0.05, 0.1) is 0 Å². The first-order valence-electron chi connectivity index (χ1n) is 12.9. The van der Waals surface area contributed by atoms with Crippen molar-refractivity contribution in [2.45, 2.75) is 69.4 Å². The number of ether oxygens (including phenoxy) is 1. The van der Waals surface area contributed by atoms with Crippen molar-refractivity contribution in [3.8, 4) is 0 Å². The van der Waals surface area contributed by atoms with Crippen molar-refractivity contribution < 1.29 is 14.6 Å². The predicted molar refractivity (Wildman–Crippen MR) is 138 cm³/mol. The van der Waals surface area contributed by atoms with Crippen molar-refractivity contribution in [1.29, 1.82) is 0 Å². The first kappa shape index (κ1) is 26.4. The van der Waals surface area contributed by atoms with Crippen LogP contribution in [0.1, 0.15) is 79.3 Å². The second kappa shape index (κ2) is 13.6. The number of carbonyl (C=O) groups excluding carboxylic acids is 1. The lowest BCUT2D eigenvalue weighted by Crippen LogP contribution is -2.42. The number of methoxy groups -OCH3 is 1. The highest BCUT2D eigenvalue weighted by Gasteiger charge is 2.31. The number of hydrogen-bond acceptors (Lipinski definition) is 4. The summed E-state index contributed by atoms with van der Waals surface area (Å²) in [6.45, 7) is 1.43. The zero-order valence-corrected chi connectivity index (χ0v) is 20.9. The summed E-state index contributed by atoms with van der Waals surface area (Å²) in [4.78, 5) is 13.2. The number of aliphatic hydroxyl groups is 1. The maximum absolute atomic E-state index is 13.2. The molecule has 0 aromatic heterocycles. The molecule has 1 aliphatic carbocycles. The van der Waals surface area contributed by atoms with Gasteiger partial charge in [0.2, 0.25) is 0 Å². The minimum Gasteiger partial charge on any atom is -0.385 e. The molecule has 0 aliphatic heterocycles. The van der Waals surface area contributed by atoms with E-state index in [1.807, 2.05) is 61.6 Å². The molecule has 1 fully saturated rings. The maximum atomic E-state index is 13.2. The molecule has 3 N–H and O–H groups in total. The van der Waals surface area contributed by atoms with E-state index in [9.17, 15) is 9.90 Å². The summed E-state index contributed by atoms with van der Waals surface area (Å²) >= 11 is 0. The van der Waals surface area contributed by atoms with E-state index < -0.39 is 5.60 Å². The monoisotopic (exact) mass is 466 g/mol. The Morgan fingerprint density at radius 3 is 2.50 bits per heavy atom. The first-order valence-corrected chi connectivity index (χ1v) is 12.9. The second-order valence-corrected chi connectivity index (χ2v) is 9.72. The molecule has 0 heterocycles. The summed E-state index contributed by atoms with van der Waals surface area (Å²) < 4.78 is 5.19. The molecule has 1 amide bonds. The van der Waals surface area contributed by atoms with Gasteiger partial charge < -0.3 is 20.5 Å². The Hall–Kier alpha value is -2.21. The normalized spacial score (nSPS) is 17.1. The van der Waals surface area contributed by atoms with Crippen molar-refractivity contribution in [3.63, 3.8) is 0 Å². The minimum absolute atomic E-state index is 0.0762. The van der Waals surface area contributed by atoms with Crippen molar-refractivity contribution >= 4 is 5.91 Å². The standard InChI is InChI=1S/C29H42N2O3/c1-30-22-27(20-23-12-5-3-6-13-23)31-28(32)24-14-11-17-26(21-24)29(33,18-9-10-19-34-2)25-15-7-4-8-16-25/h4,7-8,11,14-17,21,23,27,30,33H,3,5-6,9-10,12-13,18-20,22H2,1-2H3,(H,31,32)/t27?,29-/m1/s1. The third kappa shape index (κ3) is 7.39. The summed E-state index contributed by atoms with van der Waals surface area (Å²) in [6, 6.07) is 17.3. The smallest absolute Gasteiger partial charge is 0.251 e. The van der Waals surface area contributed by atoms with Crippen LogP contribution in [0, 0.1) is 5.92 Å². The van der Waals surface area contributed by atoms with E-state index in [-0.39, 0.29) is 11.9 Å². The molecule has 0 saturated heterocycles. The van der Waals surface area contributed by atoms with E-state index in [1.54, 1.807) is 7.11 Å². The molecule has 3 rings (SSSR count). The Bertz CT molecular complexity index is 867. The maximum Gasteiger partial charge on any atom is 0.251 e. The number of carbonyl (C=O) groups is 1. The van der Waals surface area contributed by atoms with Crippen LogP contribution in [0.15, 0.2) is 54.6 Å². The Balaban J connectivity index is 1.77. The Morgan fingerprint density at radius 2 is 1.79 bits per heavy atom. The topological polar surface area (TPSA) is 70.6 Å². The number of nitrogens with one attached hydrogen (secondary N) is 2. The fourth-order valence-electron chi connectivity index (χ4n) is 5.25. The van der Waals surface area contributed by atoms with Crippen LogP contribution in [-0.2, 0) is 10.3 Å². The molecule has 2 aromatic carbocycles. The zero-order valence-electron chi connectivity index (χ0n) is 20.9. The van der Waals surface area contributed by atoms with Crippen molar-refractivity contribution in [1.82, 2.24) is 10.6 Å². The highest BCUT2D eigenvalue weighted by atomic mass is 16.5. The van der Waals surface area contributed by atoms with Crippen molar-refractivity contribution in [2.24, 2.45) is 5.92 Å². The van der Waals surface area contributed by atoms with Gasteiger partial charge in [0, 0.05) is 31.9 Å². The average Bonchev–Trinajstić information content (AvgIpc) is 2.88. The molecule has 2 aromatic rings. The molecule has 2 atom stereocenters. The summed E-state index contributed by atoms with van der Waals surface area (Å²) in [5.41, 5.74) is 1.03. The van der Waals surface area contributed by atoms with Gasteiger partial charge in [-0.3, -0.25) is 4.79 Å². The van der Waals surface area contributed by atoms with E-state index >= 15 is 0 Å². The van der Waals surface area contributed by atoms with Crippen LogP contribution < -0.4 is 10.6 Å². The lowest BCUT2D eigenvalue weighted by atomic mass is 9.81. The number of benzene rings is 2. The molecule has 1 saturated carbocycles. The molecule has 34 heavy (non-hydrogen) atoms. The number of amides is 1. The zero-order chi connectivity index (χ0) is 24.2. The van der Waals surface area contributed by atoms with Crippen molar-refractivity contribution in [3.05, 3.63) is 71.3 Å². The van der Waals surface area contributed by atoms with Gasteiger partial charge in [0.15, 0.2) is 0 Å². The van der Waals surface area contributed by atoms with Crippen molar-refractivity contribution in [2.75, 3.05) is 27.3 Å². The number of rotatable bonds is 13. The number of unbranched alkanes of at least 4 members (excludes halogenated alkanes) is 1. The predicted octanol–water partition coefficient (Wildman–Crippen LogP) is 5.03. The van der Waals surface area contributed by atoms with Gasteiger partial charge in [-0.1, -0.05) is 74.6 Å². The number of likely N-dealkylation sites (N-methyl/N-ethyl adjacent to an activating group) is 1. The third-order valence-electron chi connectivity index (χ3n) is 7.12. The van der Waals surface area contributed by atoms with Gasteiger partial charge in [-0.15, -0.1) is 0 Å². The van der Waals surface area contributed by atoms with Crippen LogP contribution >= 0.6 is 0 Å². The van der Waals surface area contributed by atoms with Crippen LogP contribution in [-0.4, -0.2) is 44.4 Å². The molecule has 186 valence electrons. The lowest BCUT2D eigenvalue weighted by Gasteiger charge is -2.30. The molecule has 1 unspecified atom stereocenters. The highest BCUT2D eigenvalue weighted by Crippen LogP contribution is 2.35. The third-order valence-corrected chi connectivity index (χ3v) is 7.12. The summed E-state index contributed by atoms with van der Waals surface area (Å²) in [7, 11) is 3.63. The Kier molecular flexibility index (Phi) is 10.6. The van der Waals surface area contributed by atoms with Gasteiger partial charge in [0.1, 0.15) is 5.60 Å². The quantitative estimate of drug-likeness (QED) is 0.362. The molecule has 0 radical (unpaired) electrons. The van der Waals surface area contributed by atoms with E-state index in [2.05, 4.69) is 10.6 Å². The summed E-state index contributed by atoms with van der Waals surface area (Å²) in [5.74, 6) is 0.613. The van der Waals surface area contributed by atoms with Gasteiger partial charge in [-0.2, -0.15) is 0 Å². The van der Waals surface area contributed by atoms with Gasteiger partial charge in [0.25, 0.3) is 5.91 Å². The second-order valence-electron chi connectivity index (χ2n) is 9.72. The fourth-order valence-corrected chi connectivity index (χ4v) is 5.25. The summed E-state index contributed by atoms with van der Waals surface area (Å²) in [5, 5.41) is 18.4. The SMILES string of the molecule is CNCC(CC1CCCCC1)NC(=O)c1cccc([C@@](O)(CCCCOC)c2ccccc2)c1. The first-order chi connectivity index (χ1) is 16.6. The van der Waals surface area contributed by atoms with Crippen LogP contribution in [0.25, 0.3) is 0 Å². The van der Waals surface area contributed by atoms with Crippen LogP contribution in [0.5, 0.6) is 0 Å². The van der Waals surface area contributed by atoms with Crippen LogP contribution in [0.4, 0.5) is 0 Å². The molecule has 5 nitrogen and oxygen atoms in total. The molecule has 5 heteroatoms. The highest BCUT2D eigenvalue weighted by molar-refractivity contribution is 5.94. The van der Waals surface area contributed by atoms with Gasteiger partial charge >= 0.3 is 0 Å². The Labute approximate surface area is 205 Å². The van der Waals surface area contributed by atoms with Crippen LogP contribution in [0.2, 0.25) is 0 Å².